The van der Waals surface area contributed by atoms with E-state index in [0.717, 1.165) is 35.5 Å². The second kappa shape index (κ2) is 9.17. The third kappa shape index (κ3) is 6.19. The van der Waals surface area contributed by atoms with Crippen molar-refractivity contribution >= 4 is 23.6 Å². The van der Waals surface area contributed by atoms with Crippen molar-refractivity contribution in [1.29, 1.82) is 0 Å². The van der Waals surface area contributed by atoms with E-state index in [-0.39, 0.29) is 16.7 Å². The fourth-order valence-corrected chi connectivity index (χ4v) is 2.78. The second-order valence-corrected chi connectivity index (χ2v) is 6.24. The van der Waals surface area contributed by atoms with Crippen molar-refractivity contribution in [2.24, 2.45) is 0 Å². The Bertz CT molecular complexity index is 740. The van der Waals surface area contributed by atoms with Gasteiger partial charge in [-0.25, -0.2) is 8.78 Å². The third-order valence-corrected chi connectivity index (χ3v) is 4.28. The first kappa shape index (κ1) is 18.9. The molecule has 132 valence electrons. The van der Waals surface area contributed by atoms with Gasteiger partial charge >= 0.3 is 5.97 Å². The van der Waals surface area contributed by atoms with Crippen molar-refractivity contribution in [2.75, 3.05) is 12.4 Å². The normalized spacial score (nSPS) is 11.6. The molecule has 7 heteroatoms. The number of halogens is 2. The first-order chi connectivity index (χ1) is 12.0. The highest BCUT2D eigenvalue weighted by atomic mass is 32.2. The van der Waals surface area contributed by atoms with Gasteiger partial charge in [0, 0.05) is 4.90 Å². The van der Waals surface area contributed by atoms with Crippen LogP contribution in [0.3, 0.4) is 0 Å². The molecule has 2 rings (SSSR count). The number of amides is 1. The number of carbonyl (C=O) groups excluding carboxylic acids is 2. The SMILES string of the molecule is C[C@@H](NC(=O)COC(=O)CSc1cc(F)ccc1F)c1ccccc1. The van der Waals surface area contributed by atoms with Crippen molar-refractivity contribution in [3.05, 3.63) is 65.7 Å². The Morgan fingerprint density at radius 1 is 1.16 bits per heavy atom. The van der Waals surface area contributed by atoms with E-state index >= 15 is 0 Å². The molecule has 4 nitrogen and oxygen atoms in total. The molecule has 1 amide bonds. The van der Waals surface area contributed by atoms with E-state index in [1.54, 1.807) is 0 Å². The molecular formula is C18H17F2NO3S. The zero-order valence-electron chi connectivity index (χ0n) is 13.5. The molecule has 2 aromatic rings. The summed E-state index contributed by atoms with van der Waals surface area (Å²) < 4.78 is 31.3. The first-order valence-corrected chi connectivity index (χ1v) is 8.52. The maximum absolute atomic E-state index is 13.4. The maximum atomic E-state index is 13.4. The molecule has 1 N–H and O–H groups in total. The van der Waals surface area contributed by atoms with E-state index in [1.807, 2.05) is 37.3 Å². The largest absolute Gasteiger partial charge is 0.455 e. The Labute approximate surface area is 148 Å². The number of benzene rings is 2. The Hall–Kier alpha value is -2.41. The van der Waals surface area contributed by atoms with E-state index in [4.69, 9.17) is 4.74 Å². The Kier molecular flexibility index (Phi) is 6.94. The quantitative estimate of drug-likeness (QED) is 0.603. The number of carbonyl (C=O) groups is 2. The zero-order valence-corrected chi connectivity index (χ0v) is 14.3. The summed E-state index contributed by atoms with van der Waals surface area (Å²) in [6.07, 6.45) is 0. The van der Waals surface area contributed by atoms with Gasteiger partial charge in [-0.3, -0.25) is 9.59 Å². The number of rotatable bonds is 7. The molecule has 0 aromatic heterocycles. The first-order valence-electron chi connectivity index (χ1n) is 7.53. The van der Waals surface area contributed by atoms with Gasteiger partial charge in [0.05, 0.1) is 11.8 Å². The molecule has 0 aliphatic carbocycles. The molecule has 0 saturated carbocycles. The van der Waals surface area contributed by atoms with Crippen LogP contribution in [0.1, 0.15) is 18.5 Å². The summed E-state index contributed by atoms with van der Waals surface area (Å²) in [6, 6.07) is 12.1. The summed E-state index contributed by atoms with van der Waals surface area (Å²) >= 11 is 0.811. The molecular weight excluding hydrogens is 348 g/mol. The van der Waals surface area contributed by atoms with E-state index in [0.29, 0.717) is 0 Å². The smallest absolute Gasteiger partial charge is 0.316 e. The number of esters is 1. The topological polar surface area (TPSA) is 55.4 Å². The standard InChI is InChI=1S/C18H17F2NO3S/c1-12(13-5-3-2-4-6-13)21-17(22)10-24-18(23)11-25-16-9-14(19)7-8-15(16)20/h2-9,12H,10-11H2,1H3,(H,21,22)/t12-/m1/s1. The van der Waals surface area contributed by atoms with E-state index in [1.165, 1.54) is 0 Å². The lowest BCUT2D eigenvalue weighted by molar-refractivity contribution is -0.146. The lowest BCUT2D eigenvalue weighted by Crippen LogP contribution is -2.31. The van der Waals surface area contributed by atoms with E-state index in [2.05, 4.69) is 5.32 Å². The molecule has 0 heterocycles. The molecule has 1 atom stereocenters. The van der Waals surface area contributed by atoms with Crippen LogP contribution in [0.5, 0.6) is 0 Å². The monoisotopic (exact) mass is 365 g/mol. The summed E-state index contributed by atoms with van der Waals surface area (Å²) in [6.45, 7) is 1.39. The number of hydrogen-bond donors (Lipinski definition) is 1. The van der Waals surface area contributed by atoms with Gasteiger partial charge in [0.15, 0.2) is 6.61 Å². The second-order valence-electron chi connectivity index (χ2n) is 5.22. The third-order valence-electron chi connectivity index (χ3n) is 3.28. The lowest BCUT2D eigenvalue weighted by Gasteiger charge is -2.14. The summed E-state index contributed by atoms with van der Waals surface area (Å²) in [7, 11) is 0. The molecule has 2 aromatic carbocycles. The van der Waals surface area contributed by atoms with Gasteiger partial charge < -0.3 is 10.1 Å². The van der Waals surface area contributed by atoms with E-state index < -0.39 is 30.1 Å². The van der Waals surface area contributed by atoms with E-state index in [9.17, 15) is 18.4 Å². The lowest BCUT2D eigenvalue weighted by atomic mass is 10.1. The highest BCUT2D eigenvalue weighted by Crippen LogP contribution is 2.22. The Balaban J connectivity index is 1.74. The van der Waals surface area contributed by atoms with Crippen LogP contribution in [0.25, 0.3) is 0 Å². The van der Waals surface area contributed by atoms with Crippen molar-refractivity contribution in [3.63, 3.8) is 0 Å². The van der Waals surface area contributed by atoms with Gasteiger partial charge in [-0.05, 0) is 30.7 Å². The van der Waals surface area contributed by atoms with Crippen LogP contribution < -0.4 is 5.32 Å². The predicted octanol–water partition coefficient (Wildman–Crippen LogP) is 3.48. The highest BCUT2D eigenvalue weighted by molar-refractivity contribution is 8.00. The fraction of sp³-hybridized carbons (Fsp3) is 0.222. The van der Waals surface area contributed by atoms with Crippen molar-refractivity contribution < 1.29 is 23.1 Å². The molecule has 0 bridgehead atoms. The zero-order chi connectivity index (χ0) is 18.2. The van der Waals surface area contributed by atoms with Crippen LogP contribution in [-0.4, -0.2) is 24.2 Å². The minimum absolute atomic E-state index is 0.0131. The molecule has 25 heavy (non-hydrogen) atoms. The van der Waals surface area contributed by atoms with Crippen LogP contribution in [0.2, 0.25) is 0 Å². The van der Waals surface area contributed by atoms with Crippen LogP contribution in [-0.2, 0) is 14.3 Å². The predicted molar refractivity (Wildman–Crippen MR) is 91.0 cm³/mol. The Morgan fingerprint density at radius 3 is 2.60 bits per heavy atom. The maximum Gasteiger partial charge on any atom is 0.316 e. The number of hydrogen-bond acceptors (Lipinski definition) is 4. The molecule has 0 aliphatic heterocycles. The summed E-state index contributed by atoms with van der Waals surface area (Å²) in [5, 5.41) is 2.71. The van der Waals surface area contributed by atoms with Gasteiger partial charge in [-0.1, -0.05) is 30.3 Å². The fourth-order valence-electron chi connectivity index (χ4n) is 2.02. The summed E-state index contributed by atoms with van der Waals surface area (Å²) in [5.41, 5.74) is 0.930. The average molecular weight is 365 g/mol. The van der Waals surface area contributed by atoms with Gasteiger partial charge in [0.25, 0.3) is 5.91 Å². The minimum Gasteiger partial charge on any atom is -0.455 e. The molecule has 0 fully saturated rings. The van der Waals surface area contributed by atoms with Gasteiger partial charge in [0.2, 0.25) is 0 Å². The minimum atomic E-state index is -0.684. The highest BCUT2D eigenvalue weighted by Gasteiger charge is 2.13. The number of ether oxygens (including phenoxy) is 1. The van der Waals surface area contributed by atoms with Crippen LogP contribution in [0.15, 0.2) is 53.4 Å². The Morgan fingerprint density at radius 2 is 1.88 bits per heavy atom. The molecule has 0 aliphatic rings. The van der Waals surface area contributed by atoms with Gasteiger partial charge in [-0.2, -0.15) is 0 Å². The number of nitrogens with one attached hydrogen (secondary N) is 1. The van der Waals surface area contributed by atoms with Crippen LogP contribution >= 0.6 is 11.8 Å². The van der Waals surface area contributed by atoms with Crippen molar-refractivity contribution in [2.45, 2.75) is 17.9 Å². The molecule has 0 spiro atoms. The van der Waals surface area contributed by atoms with Crippen molar-refractivity contribution in [1.82, 2.24) is 5.32 Å². The molecule has 0 saturated heterocycles. The average Bonchev–Trinajstić information content (AvgIpc) is 2.61. The molecule has 0 unspecified atom stereocenters. The van der Waals surface area contributed by atoms with Crippen LogP contribution in [0.4, 0.5) is 8.78 Å². The summed E-state index contributed by atoms with van der Waals surface area (Å²) in [4.78, 5) is 23.4. The van der Waals surface area contributed by atoms with Gasteiger partial charge in [-0.15, -0.1) is 11.8 Å². The van der Waals surface area contributed by atoms with Gasteiger partial charge in [0.1, 0.15) is 11.6 Å². The molecule has 0 radical (unpaired) electrons. The van der Waals surface area contributed by atoms with Crippen LogP contribution in [0, 0.1) is 11.6 Å². The van der Waals surface area contributed by atoms with Crippen molar-refractivity contribution in [3.8, 4) is 0 Å². The number of thioether (sulfide) groups is 1. The summed E-state index contributed by atoms with van der Waals surface area (Å²) in [5.74, 6) is -2.55.